The highest BCUT2D eigenvalue weighted by molar-refractivity contribution is 6.32. The number of carbonyl (C=O) groups is 1. The highest BCUT2D eigenvalue weighted by atomic mass is 35.5. The highest BCUT2D eigenvalue weighted by Crippen LogP contribution is 2.35. The summed E-state index contributed by atoms with van der Waals surface area (Å²) in [5.41, 5.74) is 4.06. The number of aryl methyl sites for hydroxylation is 1. The maximum atomic E-state index is 13.4. The van der Waals surface area contributed by atoms with Crippen LogP contribution in [0.5, 0.6) is 0 Å². The van der Waals surface area contributed by atoms with Gasteiger partial charge in [-0.3, -0.25) is 15.1 Å². The van der Waals surface area contributed by atoms with Crippen molar-refractivity contribution in [3.8, 4) is 28.2 Å². The van der Waals surface area contributed by atoms with Crippen molar-refractivity contribution in [3.05, 3.63) is 87.0 Å². The molecule has 0 bridgehead atoms. The average molecular weight is 550 g/mol. The zero-order chi connectivity index (χ0) is 26.4. The number of benzene rings is 1. The lowest BCUT2D eigenvalue weighted by molar-refractivity contribution is 0.209. The number of aromatic amines is 1. The summed E-state index contributed by atoms with van der Waals surface area (Å²) in [4.78, 5) is 36.2. The molecule has 0 unspecified atom stereocenters. The van der Waals surface area contributed by atoms with Gasteiger partial charge in [-0.25, -0.2) is 9.78 Å². The molecular formula is C24H17Cl2N9O3. The number of pyridine rings is 2. The van der Waals surface area contributed by atoms with E-state index in [2.05, 4.69) is 35.8 Å². The van der Waals surface area contributed by atoms with Crippen molar-refractivity contribution in [2.45, 2.75) is 18.9 Å². The third-order valence-electron chi connectivity index (χ3n) is 6.26. The minimum absolute atomic E-state index is 0.195. The van der Waals surface area contributed by atoms with Gasteiger partial charge in [0.25, 0.3) is 5.56 Å². The largest absolute Gasteiger partial charge is 0.465 e. The van der Waals surface area contributed by atoms with Crippen molar-refractivity contribution in [1.29, 1.82) is 0 Å². The Bertz CT molecular complexity index is 1730. The molecule has 1 amide bonds. The highest BCUT2D eigenvalue weighted by Gasteiger charge is 2.29. The van der Waals surface area contributed by atoms with E-state index in [4.69, 9.17) is 28.3 Å². The van der Waals surface area contributed by atoms with Crippen molar-refractivity contribution in [2.24, 2.45) is 0 Å². The van der Waals surface area contributed by atoms with Crippen LogP contribution in [0.15, 0.2) is 59.8 Å². The van der Waals surface area contributed by atoms with Crippen molar-refractivity contribution in [1.82, 2.24) is 39.7 Å². The number of nitrogens with one attached hydrogen (secondary N) is 2. The quantitative estimate of drug-likeness (QED) is 0.294. The first kappa shape index (κ1) is 23.8. The Morgan fingerprint density at radius 3 is 2.76 bits per heavy atom. The van der Waals surface area contributed by atoms with Crippen molar-refractivity contribution in [2.75, 3.05) is 5.32 Å². The lowest BCUT2D eigenvalue weighted by Crippen LogP contribution is -2.24. The number of hydrogen-bond donors (Lipinski definition) is 3. The summed E-state index contributed by atoms with van der Waals surface area (Å²) >= 11 is 12.7. The maximum Gasteiger partial charge on any atom is 0.409 e. The Morgan fingerprint density at radius 1 is 1.16 bits per heavy atom. The standard InChI is InChI=1S/C24H17Cl2N9O3/c25-13-1-5-18(34-11-28-32-33-34)16(9-13)12-7-15-3-6-19(35(15)20(36)8-12)23-30-21(22(26)31-23)17-4-2-14(10-27-17)29-24(37)38/h1-2,4-5,7-11,19,29H,3,6H2,(H,30,31)(H,37,38)/t19-/m0/s1. The molecule has 3 N–H and O–H groups in total. The third kappa shape index (κ3) is 4.29. The number of H-pyrrole nitrogens is 1. The van der Waals surface area contributed by atoms with E-state index in [1.165, 1.54) is 17.2 Å². The molecule has 14 heteroatoms. The number of anilines is 1. The van der Waals surface area contributed by atoms with Crippen LogP contribution >= 0.6 is 23.2 Å². The predicted octanol–water partition coefficient (Wildman–Crippen LogP) is 4.21. The fraction of sp³-hybridized carbons (Fsp3) is 0.125. The zero-order valence-corrected chi connectivity index (χ0v) is 20.8. The normalized spacial score (nSPS) is 14.4. The van der Waals surface area contributed by atoms with E-state index in [-0.39, 0.29) is 16.8 Å². The molecule has 0 radical (unpaired) electrons. The molecule has 6 rings (SSSR count). The van der Waals surface area contributed by atoms with Gasteiger partial charge in [-0.2, -0.15) is 4.68 Å². The lowest BCUT2D eigenvalue weighted by atomic mass is 10.0. The van der Waals surface area contributed by atoms with Gasteiger partial charge in [0.05, 0.1) is 29.3 Å². The number of rotatable bonds is 5. The molecule has 5 aromatic rings. The first-order chi connectivity index (χ1) is 18.4. The molecule has 0 saturated carbocycles. The van der Waals surface area contributed by atoms with Gasteiger partial charge < -0.3 is 14.7 Å². The van der Waals surface area contributed by atoms with E-state index in [1.54, 1.807) is 41.0 Å². The second-order valence-electron chi connectivity index (χ2n) is 8.56. The minimum atomic E-state index is -1.18. The minimum Gasteiger partial charge on any atom is -0.465 e. The summed E-state index contributed by atoms with van der Waals surface area (Å²) in [5, 5.41) is 23.2. The van der Waals surface area contributed by atoms with E-state index >= 15 is 0 Å². The molecule has 0 spiro atoms. The topological polar surface area (TPSA) is 156 Å². The number of nitrogens with zero attached hydrogens (tertiary/aromatic N) is 7. The van der Waals surface area contributed by atoms with Crippen LogP contribution in [0, 0.1) is 0 Å². The van der Waals surface area contributed by atoms with Crippen LogP contribution in [-0.4, -0.2) is 50.9 Å². The molecule has 1 aromatic carbocycles. The summed E-state index contributed by atoms with van der Waals surface area (Å²) < 4.78 is 3.22. The van der Waals surface area contributed by atoms with Crippen LogP contribution < -0.4 is 10.9 Å². The Hall–Kier alpha value is -4.55. The molecule has 1 aliphatic heterocycles. The number of hydrogen-bond acceptors (Lipinski definition) is 7. The van der Waals surface area contributed by atoms with Crippen LogP contribution in [0.1, 0.15) is 24.0 Å². The van der Waals surface area contributed by atoms with Gasteiger partial charge in [0, 0.05) is 22.3 Å². The monoisotopic (exact) mass is 549 g/mol. The summed E-state index contributed by atoms with van der Waals surface area (Å²) in [6.45, 7) is 0. The van der Waals surface area contributed by atoms with Crippen molar-refractivity contribution in [3.63, 3.8) is 0 Å². The molecule has 0 fully saturated rings. The molecule has 1 atom stereocenters. The molecule has 12 nitrogen and oxygen atoms in total. The fourth-order valence-electron chi connectivity index (χ4n) is 4.66. The van der Waals surface area contributed by atoms with Gasteiger partial charge in [0.1, 0.15) is 17.8 Å². The number of aromatic nitrogens is 8. The number of tetrazole rings is 1. The molecule has 38 heavy (non-hydrogen) atoms. The average Bonchev–Trinajstić information content (AvgIpc) is 3.64. The summed E-state index contributed by atoms with van der Waals surface area (Å²) in [6.07, 6.45) is 2.97. The summed E-state index contributed by atoms with van der Waals surface area (Å²) in [7, 11) is 0. The second-order valence-corrected chi connectivity index (χ2v) is 9.36. The van der Waals surface area contributed by atoms with Gasteiger partial charge in [0.15, 0.2) is 5.15 Å². The number of fused-ring (bicyclic) bond motifs is 1. The molecule has 0 aliphatic carbocycles. The SMILES string of the molecule is O=C(O)Nc1ccc(-c2[nH]c([C@@H]3CCc4cc(-c5cc(Cl)ccc5-n5cnnn5)cc(=O)n43)nc2Cl)nc1. The maximum absolute atomic E-state index is 13.4. The Kier molecular flexibility index (Phi) is 5.89. The Morgan fingerprint density at radius 2 is 2.03 bits per heavy atom. The first-order valence-electron chi connectivity index (χ1n) is 11.4. The Balaban J connectivity index is 1.35. The smallest absolute Gasteiger partial charge is 0.409 e. The van der Waals surface area contributed by atoms with Crippen molar-refractivity contribution >= 4 is 35.0 Å². The van der Waals surface area contributed by atoms with Gasteiger partial charge in [0.2, 0.25) is 0 Å². The van der Waals surface area contributed by atoms with E-state index in [9.17, 15) is 9.59 Å². The van der Waals surface area contributed by atoms with E-state index < -0.39 is 6.09 Å². The van der Waals surface area contributed by atoms with Gasteiger partial charge in [-0.05, 0) is 65.2 Å². The van der Waals surface area contributed by atoms with E-state index in [1.807, 2.05) is 6.07 Å². The first-order valence-corrected chi connectivity index (χ1v) is 12.1. The second kappa shape index (κ2) is 9.39. The summed E-state index contributed by atoms with van der Waals surface area (Å²) in [5.74, 6) is 0.533. The molecule has 5 heterocycles. The van der Waals surface area contributed by atoms with Gasteiger partial charge in [-0.1, -0.05) is 23.2 Å². The zero-order valence-electron chi connectivity index (χ0n) is 19.3. The lowest BCUT2D eigenvalue weighted by Gasteiger charge is -2.15. The molecular weight excluding hydrogens is 533 g/mol. The van der Waals surface area contributed by atoms with Crippen LogP contribution in [0.3, 0.4) is 0 Å². The van der Waals surface area contributed by atoms with E-state index in [0.29, 0.717) is 52.0 Å². The molecule has 0 saturated heterocycles. The number of halogens is 2. The van der Waals surface area contributed by atoms with Gasteiger partial charge in [-0.15, -0.1) is 5.10 Å². The molecule has 190 valence electrons. The van der Waals surface area contributed by atoms with Crippen LogP contribution in [0.2, 0.25) is 10.2 Å². The van der Waals surface area contributed by atoms with Crippen LogP contribution in [0.4, 0.5) is 10.5 Å². The number of carboxylic acid groups (broad SMARTS) is 1. The summed E-state index contributed by atoms with van der Waals surface area (Å²) in [6, 6.07) is 11.7. The predicted molar refractivity (Wildman–Crippen MR) is 139 cm³/mol. The van der Waals surface area contributed by atoms with Crippen molar-refractivity contribution < 1.29 is 9.90 Å². The third-order valence-corrected chi connectivity index (χ3v) is 6.77. The van der Waals surface area contributed by atoms with Crippen LogP contribution in [0.25, 0.3) is 28.2 Å². The van der Waals surface area contributed by atoms with Crippen LogP contribution in [-0.2, 0) is 6.42 Å². The molecule has 4 aromatic heterocycles. The number of amides is 1. The number of imidazole rings is 1. The fourth-order valence-corrected chi connectivity index (χ4v) is 5.06. The van der Waals surface area contributed by atoms with Gasteiger partial charge >= 0.3 is 6.09 Å². The molecule has 1 aliphatic rings. The van der Waals surface area contributed by atoms with E-state index in [0.717, 1.165) is 11.3 Å². The Labute approximate surface area is 223 Å².